The Balaban J connectivity index is 1.72. The van der Waals surface area contributed by atoms with E-state index in [1.165, 1.54) is 0 Å². The summed E-state index contributed by atoms with van der Waals surface area (Å²) in [5.41, 5.74) is 0.912. The van der Waals surface area contributed by atoms with E-state index in [-0.39, 0.29) is 11.8 Å². The van der Waals surface area contributed by atoms with Gasteiger partial charge in [-0.3, -0.25) is 4.79 Å². The number of carbonyl (C=O) groups is 1. The van der Waals surface area contributed by atoms with Gasteiger partial charge in [-0.05, 0) is 24.8 Å². The molecule has 2 N–H and O–H groups in total. The molecule has 3 rings (SSSR count). The lowest BCUT2D eigenvalue weighted by Crippen LogP contribution is -2.32. The van der Waals surface area contributed by atoms with Gasteiger partial charge in [0.15, 0.2) is 5.82 Å². The van der Waals surface area contributed by atoms with Gasteiger partial charge in [0.2, 0.25) is 0 Å². The largest absolute Gasteiger partial charge is 0.481 e. The average Bonchev–Trinajstić information content (AvgIpc) is 2.94. The number of nitrogens with one attached hydrogen (secondary N) is 1. The monoisotopic (exact) mass is 274 g/mol. The molecule has 0 aromatic carbocycles. The van der Waals surface area contributed by atoms with Crippen LogP contribution in [0.1, 0.15) is 25.7 Å². The number of carboxylic acids is 1. The average molecular weight is 274 g/mol. The van der Waals surface area contributed by atoms with E-state index in [4.69, 9.17) is 0 Å². The van der Waals surface area contributed by atoms with Crippen LogP contribution in [0.5, 0.6) is 0 Å². The molecular weight excluding hydrogens is 256 g/mol. The summed E-state index contributed by atoms with van der Waals surface area (Å²) in [7, 11) is 0. The first kappa shape index (κ1) is 12.9. The SMILES string of the molecule is O=C(O)C1CCCCC1CNc1nccn2nccc12. The molecule has 6 nitrogen and oxygen atoms in total. The van der Waals surface area contributed by atoms with Crippen LogP contribution in [-0.4, -0.2) is 32.2 Å². The van der Waals surface area contributed by atoms with E-state index in [9.17, 15) is 9.90 Å². The highest BCUT2D eigenvalue weighted by Gasteiger charge is 2.30. The number of fused-ring (bicyclic) bond motifs is 1. The van der Waals surface area contributed by atoms with Gasteiger partial charge in [0.1, 0.15) is 5.52 Å². The Bertz CT molecular complexity index is 610. The fraction of sp³-hybridized carbons (Fsp3) is 0.500. The third kappa shape index (κ3) is 2.45. The summed E-state index contributed by atoms with van der Waals surface area (Å²) in [4.78, 5) is 15.6. The van der Waals surface area contributed by atoms with E-state index >= 15 is 0 Å². The Kier molecular flexibility index (Phi) is 3.54. The summed E-state index contributed by atoms with van der Waals surface area (Å²) in [6.45, 7) is 0.648. The molecule has 0 aliphatic heterocycles. The van der Waals surface area contributed by atoms with E-state index in [0.717, 1.165) is 37.0 Å². The van der Waals surface area contributed by atoms with Crippen LogP contribution >= 0.6 is 0 Å². The maximum absolute atomic E-state index is 11.3. The van der Waals surface area contributed by atoms with Crippen LogP contribution in [0.15, 0.2) is 24.7 Å². The van der Waals surface area contributed by atoms with Crippen molar-refractivity contribution in [3.05, 3.63) is 24.7 Å². The zero-order chi connectivity index (χ0) is 13.9. The molecule has 2 unspecified atom stereocenters. The van der Waals surface area contributed by atoms with Gasteiger partial charge in [0.05, 0.1) is 12.1 Å². The third-order valence-corrected chi connectivity index (χ3v) is 4.08. The summed E-state index contributed by atoms with van der Waals surface area (Å²) in [6, 6.07) is 1.89. The summed E-state index contributed by atoms with van der Waals surface area (Å²) < 4.78 is 1.75. The maximum Gasteiger partial charge on any atom is 0.306 e. The minimum absolute atomic E-state index is 0.172. The number of aliphatic carboxylic acids is 1. The molecule has 2 heterocycles. The van der Waals surface area contributed by atoms with Gasteiger partial charge < -0.3 is 10.4 Å². The minimum atomic E-state index is -0.674. The maximum atomic E-state index is 11.3. The Morgan fingerprint density at radius 1 is 1.40 bits per heavy atom. The second-order valence-corrected chi connectivity index (χ2v) is 5.31. The van der Waals surface area contributed by atoms with E-state index in [0.29, 0.717) is 6.54 Å². The van der Waals surface area contributed by atoms with E-state index in [2.05, 4.69) is 15.4 Å². The Hall–Kier alpha value is -2.11. The fourth-order valence-electron chi connectivity index (χ4n) is 3.00. The first-order chi connectivity index (χ1) is 9.75. The van der Waals surface area contributed by atoms with E-state index in [1.54, 1.807) is 23.1 Å². The molecule has 20 heavy (non-hydrogen) atoms. The first-order valence-corrected chi connectivity index (χ1v) is 7.01. The van der Waals surface area contributed by atoms with Gasteiger partial charge in [-0.2, -0.15) is 5.10 Å². The predicted molar refractivity (Wildman–Crippen MR) is 74.6 cm³/mol. The van der Waals surface area contributed by atoms with Crippen LogP contribution in [0, 0.1) is 11.8 Å². The second kappa shape index (κ2) is 5.48. The van der Waals surface area contributed by atoms with Crippen LogP contribution in [0.3, 0.4) is 0 Å². The smallest absolute Gasteiger partial charge is 0.306 e. The Morgan fingerprint density at radius 2 is 2.25 bits per heavy atom. The molecule has 2 aromatic heterocycles. The zero-order valence-corrected chi connectivity index (χ0v) is 11.2. The van der Waals surface area contributed by atoms with Crippen molar-refractivity contribution in [3.63, 3.8) is 0 Å². The molecule has 2 aromatic rings. The molecule has 2 atom stereocenters. The summed E-state index contributed by atoms with van der Waals surface area (Å²) in [5, 5.41) is 16.7. The first-order valence-electron chi connectivity index (χ1n) is 7.01. The highest BCUT2D eigenvalue weighted by atomic mass is 16.4. The zero-order valence-electron chi connectivity index (χ0n) is 11.2. The van der Waals surface area contributed by atoms with Gasteiger partial charge >= 0.3 is 5.97 Å². The van der Waals surface area contributed by atoms with Crippen LogP contribution in [0.2, 0.25) is 0 Å². The number of aromatic nitrogens is 3. The number of nitrogens with zero attached hydrogens (tertiary/aromatic N) is 3. The molecule has 1 fully saturated rings. The lowest BCUT2D eigenvalue weighted by molar-refractivity contribution is -0.144. The third-order valence-electron chi connectivity index (χ3n) is 4.08. The van der Waals surface area contributed by atoms with E-state index < -0.39 is 5.97 Å². The predicted octanol–water partition coefficient (Wildman–Crippen LogP) is 2.03. The molecule has 6 heteroatoms. The minimum Gasteiger partial charge on any atom is -0.481 e. The van der Waals surface area contributed by atoms with Gasteiger partial charge in [-0.15, -0.1) is 0 Å². The molecule has 1 aliphatic carbocycles. The number of hydrogen-bond donors (Lipinski definition) is 2. The molecule has 0 radical (unpaired) electrons. The molecule has 0 spiro atoms. The van der Waals surface area contributed by atoms with Crippen LogP contribution in [0.4, 0.5) is 5.82 Å². The molecule has 1 aliphatic rings. The lowest BCUT2D eigenvalue weighted by Gasteiger charge is -2.28. The van der Waals surface area contributed by atoms with Gasteiger partial charge in [0.25, 0.3) is 0 Å². The normalized spacial score (nSPS) is 22.8. The van der Waals surface area contributed by atoms with Crippen molar-refractivity contribution in [3.8, 4) is 0 Å². The lowest BCUT2D eigenvalue weighted by atomic mass is 9.79. The van der Waals surface area contributed by atoms with Gasteiger partial charge in [0, 0.05) is 18.9 Å². The van der Waals surface area contributed by atoms with Crippen molar-refractivity contribution in [1.82, 2.24) is 14.6 Å². The van der Waals surface area contributed by atoms with Crippen LogP contribution < -0.4 is 5.32 Å². The molecule has 0 amide bonds. The Labute approximate surface area is 116 Å². The molecule has 0 saturated heterocycles. The van der Waals surface area contributed by atoms with Gasteiger partial charge in [-0.25, -0.2) is 9.50 Å². The number of carboxylic acid groups (broad SMARTS) is 1. The molecular formula is C14H18N4O2. The number of rotatable bonds is 4. The van der Waals surface area contributed by atoms with E-state index in [1.807, 2.05) is 6.07 Å². The fourth-order valence-corrected chi connectivity index (χ4v) is 3.00. The van der Waals surface area contributed by atoms with Crippen LogP contribution in [-0.2, 0) is 4.79 Å². The van der Waals surface area contributed by atoms with Crippen molar-refractivity contribution in [2.45, 2.75) is 25.7 Å². The summed E-state index contributed by atoms with van der Waals surface area (Å²) >= 11 is 0. The molecule has 1 saturated carbocycles. The summed E-state index contributed by atoms with van der Waals surface area (Å²) in [6.07, 6.45) is 9.09. The summed E-state index contributed by atoms with van der Waals surface area (Å²) in [5.74, 6) is 0.0267. The van der Waals surface area contributed by atoms with Crippen molar-refractivity contribution < 1.29 is 9.90 Å². The second-order valence-electron chi connectivity index (χ2n) is 5.31. The topological polar surface area (TPSA) is 79.5 Å². The van der Waals surface area contributed by atoms with Crippen molar-refractivity contribution in [1.29, 1.82) is 0 Å². The number of hydrogen-bond acceptors (Lipinski definition) is 4. The van der Waals surface area contributed by atoms with Crippen molar-refractivity contribution in [2.75, 3.05) is 11.9 Å². The van der Waals surface area contributed by atoms with Crippen molar-refractivity contribution >= 4 is 17.3 Å². The van der Waals surface area contributed by atoms with Crippen molar-refractivity contribution in [2.24, 2.45) is 11.8 Å². The Morgan fingerprint density at radius 3 is 3.10 bits per heavy atom. The highest BCUT2D eigenvalue weighted by molar-refractivity contribution is 5.71. The van der Waals surface area contributed by atoms with Gasteiger partial charge in [-0.1, -0.05) is 12.8 Å². The molecule has 0 bridgehead atoms. The highest BCUT2D eigenvalue weighted by Crippen LogP contribution is 2.30. The number of anilines is 1. The van der Waals surface area contributed by atoms with Crippen LogP contribution in [0.25, 0.3) is 5.52 Å². The molecule has 106 valence electrons. The standard InChI is InChI=1S/C14H18N4O2/c19-14(20)11-4-2-1-3-10(11)9-16-13-12-5-6-17-18(12)8-7-15-13/h5-8,10-11H,1-4,9H2,(H,15,16)(H,19,20). The quantitative estimate of drug-likeness (QED) is 0.891.